The van der Waals surface area contributed by atoms with Crippen LogP contribution in [0.5, 0.6) is 5.75 Å². The van der Waals surface area contributed by atoms with E-state index in [-0.39, 0.29) is 5.91 Å². The van der Waals surface area contributed by atoms with Crippen molar-refractivity contribution in [1.29, 1.82) is 0 Å². The van der Waals surface area contributed by atoms with E-state index >= 15 is 0 Å². The molecule has 1 aliphatic rings. The first kappa shape index (κ1) is 22.2. The molecule has 36 heavy (non-hydrogen) atoms. The number of imidazole rings is 1. The highest BCUT2D eigenvalue weighted by Gasteiger charge is 2.29. The van der Waals surface area contributed by atoms with Gasteiger partial charge in [0, 0.05) is 29.6 Å². The molecule has 0 saturated heterocycles. The second-order valence-corrected chi connectivity index (χ2v) is 9.43. The summed E-state index contributed by atoms with van der Waals surface area (Å²) in [6, 6.07) is 26.4. The number of carbonyl (C=O) groups is 1. The van der Waals surface area contributed by atoms with Gasteiger partial charge in [-0.15, -0.1) is 0 Å². The Morgan fingerprint density at radius 3 is 2.36 bits per heavy atom. The molecular weight excluding hydrogens is 446 g/mol. The minimum absolute atomic E-state index is 0.108. The third-order valence-electron chi connectivity index (χ3n) is 7.11. The summed E-state index contributed by atoms with van der Waals surface area (Å²) >= 11 is 0. The molecule has 5 aromatic rings. The zero-order valence-corrected chi connectivity index (χ0v) is 20.6. The Kier molecular flexibility index (Phi) is 5.61. The molecule has 0 atom stereocenters. The molecule has 3 heterocycles. The predicted molar refractivity (Wildman–Crippen MR) is 145 cm³/mol. The van der Waals surface area contributed by atoms with Gasteiger partial charge in [-0.3, -0.25) is 9.20 Å². The van der Waals surface area contributed by atoms with Crippen molar-refractivity contribution in [3.63, 3.8) is 0 Å². The van der Waals surface area contributed by atoms with Gasteiger partial charge in [0.1, 0.15) is 17.1 Å². The Morgan fingerprint density at radius 2 is 1.64 bits per heavy atom. The fraction of sp³-hybridized carbons (Fsp3) is 0.194. The van der Waals surface area contributed by atoms with Crippen LogP contribution in [0.4, 0.5) is 5.69 Å². The van der Waals surface area contributed by atoms with Crippen molar-refractivity contribution >= 4 is 17.2 Å². The minimum atomic E-state index is -0.108. The van der Waals surface area contributed by atoms with Gasteiger partial charge in [-0.2, -0.15) is 0 Å². The van der Waals surface area contributed by atoms with Gasteiger partial charge in [-0.1, -0.05) is 60.2 Å². The van der Waals surface area contributed by atoms with Gasteiger partial charge in [0.2, 0.25) is 0 Å². The number of nitrogens with zero attached hydrogens (tertiary/aromatic N) is 2. The smallest absolute Gasteiger partial charge is 0.273 e. The van der Waals surface area contributed by atoms with E-state index in [1.165, 1.54) is 5.56 Å². The van der Waals surface area contributed by atoms with E-state index in [4.69, 9.17) is 4.74 Å². The fourth-order valence-corrected chi connectivity index (χ4v) is 5.34. The number of hydrogen-bond acceptors (Lipinski definition) is 2. The van der Waals surface area contributed by atoms with Gasteiger partial charge in [0.05, 0.1) is 12.8 Å². The lowest BCUT2D eigenvalue weighted by molar-refractivity contribution is 0.102. The summed E-state index contributed by atoms with van der Waals surface area (Å²) in [5.41, 5.74) is 9.29. The Balaban J connectivity index is 1.59. The van der Waals surface area contributed by atoms with E-state index in [0.717, 1.165) is 70.8 Å². The molecule has 1 N–H and O–H groups in total. The molecule has 0 bridgehead atoms. The van der Waals surface area contributed by atoms with Crippen molar-refractivity contribution in [3.8, 4) is 28.1 Å². The maximum atomic E-state index is 14.0. The Labute approximate surface area is 211 Å². The summed E-state index contributed by atoms with van der Waals surface area (Å²) in [4.78, 5) is 14.0. The lowest BCUT2D eigenvalue weighted by Gasteiger charge is -2.11. The molecule has 0 fully saturated rings. The number of methoxy groups -OCH3 is 1. The Morgan fingerprint density at radius 1 is 0.889 bits per heavy atom. The standard InChI is InChI=1S/C31H29N3O2/c1-21-11-15-24(16-12-21)32-30(35)29-28(23-13-17-25(36-2)18-14-23)26-10-6-7-19-33-27(20-34(29)31(26)33)22-8-4-3-5-9-22/h3-5,8-9,11-18,20H,6-7,10,19H2,1-2H3,(H,32,35). The number of aromatic nitrogens is 2. The second-order valence-electron chi connectivity index (χ2n) is 9.43. The Bertz CT molecular complexity index is 1540. The molecule has 5 nitrogen and oxygen atoms in total. The van der Waals surface area contributed by atoms with E-state index in [1.807, 2.05) is 49.4 Å². The van der Waals surface area contributed by atoms with E-state index in [1.54, 1.807) is 7.11 Å². The van der Waals surface area contributed by atoms with Crippen molar-refractivity contribution < 1.29 is 9.53 Å². The summed E-state index contributed by atoms with van der Waals surface area (Å²) in [5.74, 6) is 0.693. The average molecular weight is 476 g/mol. The largest absolute Gasteiger partial charge is 0.497 e. The molecule has 0 saturated carbocycles. The van der Waals surface area contributed by atoms with Crippen LogP contribution in [-0.4, -0.2) is 22.0 Å². The van der Waals surface area contributed by atoms with Crippen LogP contribution in [0.25, 0.3) is 28.0 Å². The van der Waals surface area contributed by atoms with Crippen LogP contribution in [0.15, 0.2) is 85.1 Å². The van der Waals surface area contributed by atoms with Gasteiger partial charge >= 0.3 is 0 Å². The highest BCUT2D eigenvalue weighted by atomic mass is 16.5. The van der Waals surface area contributed by atoms with Crippen molar-refractivity contribution in [1.82, 2.24) is 8.97 Å². The second kappa shape index (κ2) is 9.08. The number of aryl methyl sites for hydroxylation is 3. The first-order valence-electron chi connectivity index (χ1n) is 12.5. The number of carbonyl (C=O) groups excluding carboxylic acids is 1. The van der Waals surface area contributed by atoms with E-state index in [0.29, 0.717) is 5.69 Å². The lowest BCUT2D eigenvalue weighted by Crippen LogP contribution is -2.15. The summed E-state index contributed by atoms with van der Waals surface area (Å²) in [7, 11) is 1.67. The predicted octanol–water partition coefficient (Wildman–Crippen LogP) is 6.98. The number of hydrogen-bond donors (Lipinski definition) is 1. The van der Waals surface area contributed by atoms with Gasteiger partial charge in [0.15, 0.2) is 0 Å². The maximum absolute atomic E-state index is 14.0. The number of rotatable bonds is 5. The first-order valence-corrected chi connectivity index (χ1v) is 12.5. The van der Waals surface area contributed by atoms with Crippen molar-refractivity contribution in [2.75, 3.05) is 12.4 Å². The van der Waals surface area contributed by atoms with E-state index in [2.05, 4.69) is 56.9 Å². The SMILES string of the molecule is COc1ccc(-c2c3c4n(c(-c5ccccc5)cn4c2C(=O)Nc2ccc(C)cc2)CCCC3)cc1. The molecule has 0 radical (unpaired) electrons. The Hall–Kier alpha value is -4.25. The molecule has 1 aliphatic heterocycles. The van der Waals surface area contributed by atoms with Gasteiger partial charge < -0.3 is 14.6 Å². The number of anilines is 1. The fourth-order valence-electron chi connectivity index (χ4n) is 5.34. The highest BCUT2D eigenvalue weighted by Crippen LogP contribution is 2.40. The van der Waals surface area contributed by atoms with Crippen LogP contribution >= 0.6 is 0 Å². The quantitative estimate of drug-likeness (QED) is 0.298. The normalized spacial score (nSPS) is 12.9. The van der Waals surface area contributed by atoms with Gasteiger partial charge in [-0.25, -0.2) is 0 Å². The summed E-state index contributed by atoms with van der Waals surface area (Å²) in [6.45, 7) is 2.97. The minimum Gasteiger partial charge on any atom is -0.497 e. The summed E-state index contributed by atoms with van der Waals surface area (Å²) in [6.07, 6.45) is 5.25. The average Bonchev–Trinajstić information content (AvgIpc) is 3.33. The summed E-state index contributed by atoms with van der Waals surface area (Å²) < 4.78 is 9.91. The molecule has 0 aliphatic carbocycles. The van der Waals surface area contributed by atoms with Gasteiger partial charge in [-0.05, 0) is 61.6 Å². The van der Waals surface area contributed by atoms with Gasteiger partial charge in [0.25, 0.3) is 5.91 Å². The summed E-state index contributed by atoms with van der Waals surface area (Å²) in [5, 5.41) is 3.16. The number of amides is 1. The number of nitrogens with one attached hydrogen (secondary N) is 1. The molecule has 1 amide bonds. The van der Waals surface area contributed by atoms with Crippen LogP contribution in [0.2, 0.25) is 0 Å². The molecular formula is C31H29N3O2. The van der Waals surface area contributed by atoms with Crippen LogP contribution in [0.3, 0.4) is 0 Å². The zero-order valence-electron chi connectivity index (χ0n) is 20.6. The number of ether oxygens (including phenoxy) is 1. The molecule has 2 aromatic heterocycles. The number of benzene rings is 3. The maximum Gasteiger partial charge on any atom is 0.273 e. The zero-order chi connectivity index (χ0) is 24.6. The van der Waals surface area contributed by atoms with Crippen LogP contribution in [0.1, 0.15) is 34.5 Å². The molecule has 0 unspecified atom stereocenters. The molecule has 180 valence electrons. The molecule has 6 rings (SSSR count). The molecule has 5 heteroatoms. The third kappa shape index (κ3) is 3.77. The topological polar surface area (TPSA) is 47.7 Å². The lowest BCUT2D eigenvalue weighted by atomic mass is 9.97. The van der Waals surface area contributed by atoms with E-state index < -0.39 is 0 Å². The van der Waals surface area contributed by atoms with Crippen molar-refractivity contribution in [3.05, 3.63) is 102 Å². The van der Waals surface area contributed by atoms with Crippen LogP contribution in [0, 0.1) is 6.92 Å². The van der Waals surface area contributed by atoms with Crippen LogP contribution < -0.4 is 10.1 Å². The third-order valence-corrected chi connectivity index (χ3v) is 7.11. The first-order chi connectivity index (χ1) is 17.6. The monoisotopic (exact) mass is 475 g/mol. The molecule has 3 aromatic carbocycles. The van der Waals surface area contributed by atoms with Crippen LogP contribution in [-0.2, 0) is 13.0 Å². The highest BCUT2D eigenvalue weighted by molar-refractivity contribution is 6.10. The molecule has 0 spiro atoms. The van der Waals surface area contributed by atoms with Crippen molar-refractivity contribution in [2.45, 2.75) is 32.7 Å². The van der Waals surface area contributed by atoms with Crippen molar-refractivity contribution in [2.24, 2.45) is 0 Å². The van der Waals surface area contributed by atoms with E-state index in [9.17, 15) is 4.79 Å².